The van der Waals surface area contributed by atoms with Gasteiger partial charge in [-0.2, -0.15) is 0 Å². The summed E-state index contributed by atoms with van der Waals surface area (Å²) in [4.78, 5) is 16.8. The number of nitrogens with one attached hydrogen (secondary N) is 2. The van der Waals surface area contributed by atoms with Gasteiger partial charge in [-0.15, -0.1) is 0 Å². The molecule has 0 aliphatic carbocycles. The normalized spacial score (nSPS) is 21.5. The van der Waals surface area contributed by atoms with Crippen LogP contribution in [0.1, 0.15) is 30.0 Å². The lowest BCUT2D eigenvalue weighted by Crippen LogP contribution is -2.36. The topological polar surface area (TPSA) is 54.0 Å². The monoisotopic (exact) mass is 347 g/mol. The molecule has 0 bridgehead atoms. The highest BCUT2D eigenvalue weighted by molar-refractivity contribution is 6.29. The van der Waals surface area contributed by atoms with Gasteiger partial charge in [-0.3, -0.25) is 4.79 Å². The van der Waals surface area contributed by atoms with E-state index in [-0.39, 0.29) is 29.6 Å². The molecule has 3 atom stereocenters. The van der Waals surface area contributed by atoms with Gasteiger partial charge in [0.1, 0.15) is 11.0 Å². The maximum Gasteiger partial charge on any atom is 0.225 e. The number of halogens is 2. The van der Waals surface area contributed by atoms with Crippen molar-refractivity contribution in [3.05, 3.63) is 64.7 Å². The van der Waals surface area contributed by atoms with Gasteiger partial charge in [-0.25, -0.2) is 9.37 Å². The Morgan fingerprint density at radius 1 is 1.33 bits per heavy atom. The van der Waals surface area contributed by atoms with Crippen LogP contribution in [0.15, 0.2) is 42.6 Å². The molecule has 2 heterocycles. The molecule has 126 valence electrons. The third-order valence-corrected chi connectivity index (χ3v) is 4.68. The van der Waals surface area contributed by atoms with E-state index in [1.807, 2.05) is 6.07 Å². The second kappa shape index (κ2) is 7.28. The SMILES string of the molecule is C[C@H](NC(=O)[C@@H]1CNC[C@H]1c1ccc(Cl)nc1)c1ccccc1F. The number of rotatable bonds is 4. The molecule has 4 nitrogen and oxygen atoms in total. The van der Waals surface area contributed by atoms with E-state index in [4.69, 9.17) is 11.6 Å². The summed E-state index contributed by atoms with van der Waals surface area (Å²) in [5, 5.41) is 6.60. The quantitative estimate of drug-likeness (QED) is 0.836. The molecule has 24 heavy (non-hydrogen) atoms. The van der Waals surface area contributed by atoms with Crippen LogP contribution in [-0.4, -0.2) is 24.0 Å². The molecule has 6 heteroatoms. The van der Waals surface area contributed by atoms with Crippen LogP contribution in [0.5, 0.6) is 0 Å². The van der Waals surface area contributed by atoms with Gasteiger partial charge in [0.05, 0.1) is 12.0 Å². The Kier molecular flexibility index (Phi) is 5.11. The summed E-state index contributed by atoms with van der Waals surface area (Å²) in [6, 6.07) is 9.73. The molecule has 0 spiro atoms. The average Bonchev–Trinajstić information content (AvgIpc) is 3.05. The Labute approximate surface area is 145 Å². The van der Waals surface area contributed by atoms with Gasteiger partial charge < -0.3 is 10.6 Å². The van der Waals surface area contributed by atoms with Crippen molar-refractivity contribution < 1.29 is 9.18 Å². The number of hydrogen-bond donors (Lipinski definition) is 2. The van der Waals surface area contributed by atoms with Gasteiger partial charge in [0, 0.05) is 30.8 Å². The minimum absolute atomic E-state index is 0.0302. The molecular formula is C18H19ClFN3O. The lowest BCUT2D eigenvalue weighted by Gasteiger charge is -2.22. The minimum atomic E-state index is -0.386. The van der Waals surface area contributed by atoms with Crippen LogP contribution < -0.4 is 10.6 Å². The molecule has 1 aromatic carbocycles. The van der Waals surface area contributed by atoms with E-state index in [0.29, 0.717) is 23.8 Å². The molecule has 1 saturated heterocycles. The summed E-state index contributed by atoms with van der Waals surface area (Å²) in [7, 11) is 0. The summed E-state index contributed by atoms with van der Waals surface area (Å²) in [5.74, 6) is -0.589. The number of benzene rings is 1. The standard InChI is InChI=1S/C18H19ClFN3O/c1-11(13-4-2-3-5-16(13)20)23-18(24)15-10-21-9-14(15)12-6-7-17(19)22-8-12/h2-8,11,14-15,21H,9-10H2,1H3,(H,23,24)/t11-,14-,15+/m0/s1. The van der Waals surface area contributed by atoms with E-state index in [2.05, 4.69) is 15.6 Å². The van der Waals surface area contributed by atoms with E-state index in [0.717, 1.165) is 5.56 Å². The molecular weight excluding hydrogens is 329 g/mol. The maximum atomic E-state index is 13.9. The van der Waals surface area contributed by atoms with Crippen LogP contribution in [0.25, 0.3) is 0 Å². The van der Waals surface area contributed by atoms with E-state index in [1.54, 1.807) is 37.4 Å². The Hall–Kier alpha value is -1.98. The number of aromatic nitrogens is 1. The first-order chi connectivity index (χ1) is 11.6. The van der Waals surface area contributed by atoms with Gasteiger partial charge in [0.15, 0.2) is 0 Å². The maximum absolute atomic E-state index is 13.9. The third-order valence-electron chi connectivity index (χ3n) is 4.46. The van der Waals surface area contributed by atoms with E-state index >= 15 is 0 Å². The fraction of sp³-hybridized carbons (Fsp3) is 0.333. The molecule has 1 aliphatic rings. The van der Waals surface area contributed by atoms with Gasteiger partial charge in [-0.1, -0.05) is 35.9 Å². The van der Waals surface area contributed by atoms with Crippen LogP contribution in [0, 0.1) is 11.7 Å². The Balaban J connectivity index is 1.72. The fourth-order valence-corrected chi connectivity index (χ4v) is 3.25. The summed E-state index contributed by atoms with van der Waals surface area (Å²) in [5.41, 5.74) is 1.46. The second-order valence-electron chi connectivity index (χ2n) is 6.04. The van der Waals surface area contributed by atoms with Crippen molar-refractivity contribution in [2.45, 2.75) is 18.9 Å². The summed E-state index contributed by atoms with van der Waals surface area (Å²) in [6.45, 7) is 3.08. The third kappa shape index (κ3) is 3.57. The number of nitrogens with zero attached hydrogens (tertiary/aromatic N) is 1. The largest absolute Gasteiger partial charge is 0.349 e. The van der Waals surface area contributed by atoms with Crippen LogP contribution >= 0.6 is 11.6 Å². The Bertz CT molecular complexity index is 722. The molecule has 1 aliphatic heterocycles. The first kappa shape index (κ1) is 16.9. The number of carbonyl (C=O) groups excluding carboxylic acids is 1. The molecule has 0 radical (unpaired) electrons. The first-order valence-corrected chi connectivity index (χ1v) is 8.31. The van der Waals surface area contributed by atoms with Crippen molar-refractivity contribution in [3.8, 4) is 0 Å². The van der Waals surface area contributed by atoms with Gasteiger partial charge in [0.25, 0.3) is 0 Å². The lowest BCUT2D eigenvalue weighted by molar-refractivity contribution is -0.125. The molecule has 3 rings (SSSR count). The molecule has 2 N–H and O–H groups in total. The number of carbonyl (C=O) groups is 1. The predicted octanol–water partition coefficient (Wildman–Crippen LogP) is 3.05. The lowest BCUT2D eigenvalue weighted by atomic mass is 9.89. The van der Waals surface area contributed by atoms with Crippen molar-refractivity contribution in [2.75, 3.05) is 13.1 Å². The molecule has 0 saturated carbocycles. The van der Waals surface area contributed by atoms with Crippen LogP contribution in [0.4, 0.5) is 4.39 Å². The zero-order valence-corrected chi connectivity index (χ0v) is 14.1. The zero-order chi connectivity index (χ0) is 17.1. The second-order valence-corrected chi connectivity index (χ2v) is 6.42. The van der Waals surface area contributed by atoms with Gasteiger partial charge >= 0.3 is 0 Å². The van der Waals surface area contributed by atoms with Crippen molar-refractivity contribution in [1.82, 2.24) is 15.6 Å². The van der Waals surface area contributed by atoms with Gasteiger partial charge in [0.2, 0.25) is 5.91 Å². The molecule has 0 unspecified atom stereocenters. The highest BCUT2D eigenvalue weighted by Crippen LogP contribution is 2.29. The van der Waals surface area contributed by atoms with Crippen molar-refractivity contribution in [3.63, 3.8) is 0 Å². The van der Waals surface area contributed by atoms with E-state index in [9.17, 15) is 9.18 Å². The molecule has 1 aromatic heterocycles. The number of amides is 1. The minimum Gasteiger partial charge on any atom is -0.349 e. The van der Waals surface area contributed by atoms with Crippen LogP contribution in [-0.2, 0) is 4.79 Å². The molecule has 2 aromatic rings. The predicted molar refractivity (Wildman–Crippen MR) is 91.3 cm³/mol. The summed E-state index contributed by atoms with van der Waals surface area (Å²) in [6.07, 6.45) is 1.71. The smallest absolute Gasteiger partial charge is 0.225 e. The Morgan fingerprint density at radius 2 is 2.12 bits per heavy atom. The van der Waals surface area contributed by atoms with Crippen LogP contribution in [0.2, 0.25) is 5.15 Å². The van der Waals surface area contributed by atoms with Crippen molar-refractivity contribution in [2.24, 2.45) is 5.92 Å². The molecule has 1 fully saturated rings. The van der Waals surface area contributed by atoms with Crippen molar-refractivity contribution >= 4 is 17.5 Å². The summed E-state index contributed by atoms with van der Waals surface area (Å²) >= 11 is 5.83. The van der Waals surface area contributed by atoms with E-state index in [1.165, 1.54) is 6.07 Å². The van der Waals surface area contributed by atoms with E-state index < -0.39 is 0 Å². The fourth-order valence-electron chi connectivity index (χ4n) is 3.14. The Morgan fingerprint density at radius 3 is 2.83 bits per heavy atom. The average molecular weight is 348 g/mol. The highest BCUT2D eigenvalue weighted by Gasteiger charge is 2.34. The summed E-state index contributed by atoms with van der Waals surface area (Å²) < 4.78 is 13.9. The first-order valence-electron chi connectivity index (χ1n) is 7.93. The number of hydrogen-bond acceptors (Lipinski definition) is 3. The highest BCUT2D eigenvalue weighted by atomic mass is 35.5. The number of pyridine rings is 1. The van der Waals surface area contributed by atoms with Crippen LogP contribution in [0.3, 0.4) is 0 Å². The molecule has 1 amide bonds. The van der Waals surface area contributed by atoms with Gasteiger partial charge in [-0.05, 0) is 24.6 Å². The van der Waals surface area contributed by atoms with Crippen molar-refractivity contribution in [1.29, 1.82) is 0 Å². The zero-order valence-electron chi connectivity index (χ0n) is 13.3.